The highest BCUT2D eigenvalue weighted by atomic mass is 35.7. The molecule has 0 aliphatic carbocycles. The number of hydrogen-bond donors (Lipinski definition) is 0. The van der Waals surface area contributed by atoms with Crippen molar-refractivity contribution in [3.8, 4) is 0 Å². The summed E-state index contributed by atoms with van der Waals surface area (Å²) < 4.78 is 36.0. The van der Waals surface area contributed by atoms with Gasteiger partial charge in [0.25, 0.3) is 0 Å². The number of rotatable bonds is 1. The van der Waals surface area contributed by atoms with Crippen molar-refractivity contribution in [2.24, 2.45) is 5.41 Å². The van der Waals surface area contributed by atoms with Crippen LogP contribution in [0, 0.1) is 15.7 Å². The molecule has 0 N–H and O–H groups in total. The molecule has 0 atom stereocenters. The Morgan fingerprint density at radius 2 is 1.58 bits per heavy atom. The SMILES string of the molecule is C[N+](C)=C/C=C1/C=C(C(C)(C)C)SS1.[O-][Cl+3]([O-])([O-])[O-]. The predicted octanol–water partition coefficient (Wildman–Crippen LogP) is -1.22. The Morgan fingerprint density at radius 3 is 1.89 bits per heavy atom. The summed E-state index contributed by atoms with van der Waals surface area (Å²) in [4.78, 5) is 2.80. The smallest absolute Gasteiger partial charge is 0.164 e. The van der Waals surface area contributed by atoms with Crippen LogP contribution in [0.3, 0.4) is 0 Å². The van der Waals surface area contributed by atoms with Crippen LogP contribution in [0.25, 0.3) is 0 Å². The van der Waals surface area contributed by atoms with Gasteiger partial charge in [0.15, 0.2) is 6.21 Å². The fourth-order valence-corrected chi connectivity index (χ4v) is 3.64. The first-order valence-corrected chi connectivity index (χ1v) is 8.68. The third-order valence-electron chi connectivity index (χ3n) is 1.78. The van der Waals surface area contributed by atoms with E-state index in [0.29, 0.717) is 0 Å². The van der Waals surface area contributed by atoms with Gasteiger partial charge in [-0.3, -0.25) is 0 Å². The molecule has 1 aliphatic heterocycles. The largest absolute Gasteiger partial charge is 0.241 e. The predicted molar refractivity (Wildman–Crippen MR) is 69.0 cm³/mol. The van der Waals surface area contributed by atoms with Crippen molar-refractivity contribution in [2.45, 2.75) is 20.8 Å². The summed E-state index contributed by atoms with van der Waals surface area (Å²) in [5.74, 6) is 0. The molecule has 0 unspecified atom stereocenters. The molecule has 1 rings (SSSR count). The number of nitrogens with zero attached hydrogens (tertiary/aromatic N) is 1. The number of allylic oxidation sites excluding steroid dienone is 3. The van der Waals surface area contributed by atoms with E-state index < -0.39 is 10.2 Å². The van der Waals surface area contributed by atoms with E-state index in [9.17, 15) is 0 Å². The van der Waals surface area contributed by atoms with Gasteiger partial charge in [-0.2, -0.15) is 0 Å². The molecule has 0 spiro atoms. The van der Waals surface area contributed by atoms with Crippen molar-refractivity contribution >= 4 is 27.8 Å². The maximum atomic E-state index is 8.49. The van der Waals surface area contributed by atoms with Crippen LogP contribution in [-0.2, 0) is 0 Å². The van der Waals surface area contributed by atoms with Gasteiger partial charge in [-0.25, -0.2) is 23.2 Å². The molecular weight excluding hydrogens is 310 g/mol. The molecule has 5 nitrogen and oxygen atoms in total. The Balaban J connectivity index is 0.000000555. The van der Waals surface area contributed by atoms with Crippen molar-refractivity contribution in [1.82, 2.24) is 0 Å². The van der Waals surface area contributed by atoms with Gasteiger partial charge in [0.2, 0.25) is 0 Å². The van der Waals surface area contributed by atoms with Gasteiger partial charge in [0.1, 0.15) is 14.1 Å². The maximum Gasteiger partial charge on any atom is 0.164 e. The van der Waals surface area contributed by atoms with Crippen LogP contribution in [0.2, 0.25) is 0 Å². The van der Waals surface area contributed by atoms with Gasteiger partial charge in [-0.15, -0.1) is 10.2 Å². The molecule has 110 valence electrons. The lowest BCUT2D eigenvalue weighted by Crippen LogP contribution is -2.68. The van der Waals surface area contributed by atoms with Crippen LogP contribution >= 0.6 is 21.6 Å². The monoisotopic (exact) mass is 327 g/mol. The van der Waals surface area contributed by atoms with E-state index in [1.165, 1.54) is 9.81 Å². The van der Waals surface area contributed by atoms with E-state index >= 15 is 0 Å². The first kappa shape index (κ1) is 19.0. The van der Waals surface area contributed by atoms with Crippen LogP contribution in [0.4, 0.5) is 0 Å². The summed E-state index contributed by atoms with van der Waals surface area (Å²) >= 11 is 0. The van der Waals surface area contributed by atoms with Crippen LogP contribution in [0.15, 0.2) is 22.0 Å². The summed E-state index contributed by atoms with van der Waals surface area (Å²) in [5, 5.41) is 0. The Bertz CT molecular complexity index is 384. The van der Waals surface area contributed by atoms with Crippen molar-refractivity contribution in [3.63, 3.8) is 0 Å². The lowest BCUT2D eigenvalue weighted by atomic mass is 9.96. The second-order valence-electron chi connectivity index (χ2n) is 4.98. The van der Waals surface area contributed by atoms with Crippen LogP contribution in [-0.4, -0.2) is 24.9 Å². The molecule has 0 amide bonds. The molecule has 0 aromatic rings. The van der Waals surface area contributed by atoms with E-state index in [2.05, 4.69) is 43.7 Å². The van der Waals surface area contributed by atoms with Gasteiger partial charge in [-0.1, -0.05) is 42.4 Å². The zero-order chi connectivity index (χ0) is 15.3. The topological polar surface area (TPSA) is 95.2 Å². The first-order chi connectivity index (χ1) is 8.39. The van der Waals surface area contributed by atoms with E-state index in [4.69, 9.17) is 18.6 Å². The van der Waals surface area contributed by atoms with E-state index in [1.807, 2.05) is 35.7 Å². The Labute approximate surface area is 123 Å². The Kier molecular flexibility index (Phi) is 7.67. The molecule has 0 aromatic heterocycles. The van der Waals surface area contributed by atoms with E-state index in [-0.39, 0.29) is 5.41 Å². The molecule has 0 aromatic carbocycles. The van der Waals surface area contributed by atoms with Crippen LogP contribution < -0.4 is 18.6 Å². The summed E-state index contributed by atoms with van der Waals surface area (Å²) in [6.45, 7) is 6.76. The van der Waals surface area contributed by atoms with Gasteiger partial charge in [-0.05, 0) is 11.5 Å². The zero-order valence-electron chi connectivity index (χ0n) is 11.5. The van der Waals surface area contributed by atoms with Crippen molar-refractivity contribution in [2.75, 3.05) is 14.1 Å². The minimum Gasteiger partial charge on any atom is -0.241 e. The maximum absolute atomic E-state index is 8.49. The normalized spacial score (nSPS) is 17.7. The molecule has 1 heterocycles. The lowest BCUT2D eigenvalue weighted by Gasteiger charge is -2.17. The van der Waals surface area contributed by atoms with Gasteiger partial charge < -0.3 is 0 Å². The van der Waals surface area contributed by atoms with Gasteiger partial charge in [0, 0.05) is 15.9 Å². The van der Waals surface area contributed by atoms with Crippen LogP contribution in [0.1, 0.15) is 20.8 Å². The average molecular weight is 328 g/mol. The average Bonchev–Trinajstić information content (AvgIpc) is 2.59. The molecule has 19 heavy (non-hydrogen) atoms. The summed E-state index contributed by atoms with van der Waals surface area (Å²) in [6.07, 6.45) is 6.54. The molecule has 0 saturated heterocycles. The van der Waals surface area contributed by atoms with E-state index in [1.54, 1.807) is 0 Å². The second-order valence-corrected chi connectivity index (χ2v) is 7.99. The van der Waals surface area contributed by atoms with Gasteiger partial charge >= 0.3 is 0 Å². The Morgan fingerprint density at radius 1 is 1.11 bits per heavy atom. The van der Waals surface area contributed by atoms with Crippen LogP contribution in [0.5, 0.6) is 0 Å². The van der Waals surface area contributed by atoms with Crippen molar-refractivity contribution in [1.29, 1.82) is 0 Å². The highest BCUT2D eigenvalue weighted by molar-refractivity contribution is 8.80. The molecule has 0 fully saturated rings. The van der Waals surface area contributed by atoms with E-state index in [0.717, 1.165) is 0 Å². The summed E-state index contributed by atoms with van der Waals surface area (Å²) in [7, 11) is 2.86. The quantitative estimate of drug-likeness (QED) is 0.340. The molecule has 0 bridgehead atoms. The Hall–Kier alpha value is -0.0200. The molecular formula is C11H18ClNO4S2. The minimum atomic E-state index is -4.94. The molecule has 0 saturated carbocycles. The highest BCUT2D eigenvalue weighted by Crippen LogP contribution is 2.51. The molecule has 0 radical (unpaired) electrons. The molecule has 8 heteroatoms. The zero-order valence-corrected chi connectivity index (χ0v) is 13.9. The first-order valence-electron chi connectivity index (χ1n) is 5.29. The number of hydrogen-bond acceptors (Lipinski definition) is 6. The minimum absolute atomic E-state index is 0.283. The third kappa shape index (κ3) is 11.5. The standard InChI is InChI=1S/C11H18NS2.ClHO4/c1-11(2,3)10-8-9(13-14-10)6-7-12(4)5;2-1(3,4)5/h6-8H,1-5H3;(H,2,3,4,5)/q+1;/p-1/b9-6-;. The lowest BCUT2D eigenvalue weighted by molar-refractivity contribution is -2.00. The second kappa shape index (κ2) is 7.68. The molecule has 1 aliphatic rings. The summed E-state index contributed by atoms with van der Waals surface area (Å²) in [6, 6.07) is 0. The fraction of sp³-hybridized carbons (Fsp3) is 0.545. The van der Waals surface area contributed by atoms with Gasteiger partial charge in [0.05, 0.1) is 0 Å². The highest BCUT2D eigenvalue weighted by Gasteiger charge is 2.22. The number of halogens is 1. The fourth-order valence-electron chi connectivity index (χ4n) is 0.910. The third-order valence-corrected chi connectivity index (χ3v) is 4.58. The van der Waals surface area contributed by atoms with Crippen molar-refractivity contribution < 1.29 is 33.5 Å². The van der Waals surface area contributed by atoms with Crippen molar-refractivity contribution in [3.05, 3.63) is 22.0 Å². The summed E-state index contributed by atoms with van der Waals surface area (Å²) in [5.41, 5.74) is 0.283.